The average Bonchev–Trinajstić information content (AvgIpc) is 3.09. The van der Waals surface area contributed by atoms with E-state index in [1.165, 1.54) is 23.5 Å². The van der Waals surface area contributed by atoms with Crippen molar-refractivity contribution in [2.45, 2.75) is 19.9 Å². The van der Waals surface area contributed by atoms with E-state index in [0.29, 0.717) is 21.9 Å². The van der Waals surface area contributed by atoms with Gasteiger partial charge in [-0.15, -0.1) is 0 Å². The zero-order valence-electron chi connectivity index (χ0n) is 15.3. The minimum atomic E-state index is -0.315. The molecular weight excluding hydrogens is 373 g/mol. The second-order valence-electron chi connectivity index (χ2n) is 6.58. The lowest BCUT2D eigenvalue weighted by Crippen LogP contribution is -2.32. The first kappa shape index (κ1) is 18.3. The van der Waals surface area contributed by atoms with E-state index >= 15 is 0 Å². The molecule has 2 aromatic heterocycles. The summed E-state index contributed by atoms with van der Waals surface area (Å²) in [6.07, 6.45) is 1.96. The number of halogens is 1. The number of pyridine rings is 1. The fourth-order valence-corrected chi connectivity index (χ4v) is 4.02. The fraction of sp³-hybridized carbons (Fsp3) is 0.136. The van der Waals surface area contributed by atoms with Crippen LogP contribution in [0.1, 0.15) is 16.8 Å². The Morgan fingerprint density at radius 1 is 1.11 bits per heavy atom. The Labute approximate surface area is 166 Å². The molecule has 4 rings (SSSR count). The molecule has 0 saturated carbocycles. The number of hydrogen-bond donors (Lipinski definition) is 0. The van der Waals surface area contributed by atoms with Crippen LogP contribution in [0.25, 0.3) is 10.2 Å². The van der Waals surface area contributed by atoms with Crippen molar-refractivity contribution in [3.63, 3.8) is 0 Å². The largest absolute Gasteiger partial charge is 0.282 e. The van der Waals surface area contributed by atoms with Gasteiger partial charge in [-0.2, -0.15) is 0 Å². The third-order valence-electron chi connectivity index (χ3n) is 4.36. The van der Waals surface area contributed by atoms with E-state index in [9.17, 15) is 9.18 Å². The summed E-state index contributed by atoms with van der Waals surface area (Å²) >= 11 is 1.31. The predicted molar refractivity (Wildman–Crippen MR) is 110 cm³/mol. The summed E-state index contributed by atoms with van der Waals surface area (Å²) < 4.78 is 14.3. The number of rotatable bonds is 5. The van der Waals surface area contributed by atoms with Crippen LogP contribution in [-0.2, 0) is 17.8 Å². The molecule has 0 radical (unpaired) electrons. The van der Waals surface area contributed by atoms with Gasteiger partial charge in [0, 0.05) is 6.20 Å². The Morgan fingerprint density at radius 3 is 2.79 bits per heavy atom. The number of carbonyl (C=O) groups excluding carboxylic acids is 1. The van der Waals surface area contributed by atoms with E-state index in [0.717, 1.165) is 16.8 Å². The first-order valence-electron chi connectivity index (χ1n) is 8.90. The number of benzene rings is 2. The molecule has 28 heavy (non-hydrogen) atoms. The van der Waals surface area contributed by atoms with E-state index in [4.69, 9.17) is 0 Å². The Hall–Kier alpha value is -3.12. The molecule has 0 bridgehead atoms. The van der Waals surface area contributed by atoms with Gasteiger partial charge in [0.2, 0.25) is 5.91 Å². The quantitative estimate of drug-likeness (QED) is 0.485. The molecular formula is C22H18FN3OS. The zero-order chi connectivity index (χ0) is 19.5. The molecule has 140 valence electrons. The van der Waals surface area contributed by atoms with Crippen LogP contribution in [0.4, 0.5) is 9.52 Å². The minimum absolute atomic E-state index is 0.0734. The van der Waals surface area contributed by atoms with Crippen molar-refractivity contribution < 1.29 is 9.18 Å². The average molecular weight is 391 g/mol. The molecule has 0 aliphatic rings. The van der Waals surface area contributed by atoms with Crippen LogP contribution >= 0.6 is 11.3 Å². The highest BCUT2D eigenvalue weighted by Crippen LogP contribution is 2.30. The van der Waals surface area contributed by atoms with Gasteiger partial charge in [0.15, 0.2) is 5.13 Å². The van der Waals surface area contributed by atoms with Crippen molar-refractivity contribution in [3.8, 4) is 0 Å². The molecule has 0 fully saturated rings. The summed E-state index contributed by atoms with van der Waals surface area (Å²) in [5, 5.41) is 0.545. The van der Waals surface area contributed by atoms with Crippen molar-refractivity contribution in [2.24, 2.45) is 0 Å². The lowest BCUT2D eigenvalue weighted by Gasteiger charge is -2.19. The number of thiazole rings is 1. The van der Waals surface area contributed by atoms with E-state index in [1.807, 2.05) is 49.4 Å². The van der Waals surface area contributed by atoms with Gasteiger partial charge >= 0.3 is 0 Å². The first-order chi connectivity index (χ1) is 13.6. The molecule has 0 spiro atoms. The number of aryl methyl sites for hydroxylation is 1. The SMILES string of the molecule is Cc1cccc(CC(=O)N(Cc2ccccn2)c2nc3ccc(F)cc3s2)c1. The molecule has 4 aromatic rings. The Balaban J connectivity index is 1.68. The number of anilines is 1. The standard InChI is InChI=1S/C22H18FN3OS/c1-15-5-4-6-16(11-15)12-21(27)26(14-18-7-2-3-10-24-18)22-25-19-9-8-17(23)13-20(19)28-22/h2-11,13H,12,14H2,1H3. The topological polar surface area (TPSA) is 46.1 Å². The fourth-order valence-electron chi connectivity index (χ4n) is 3.01. The lowest BCUT2D eigenvalue weighted by atomic mass is 10.1. The molecule has 2 aromatic carbocycles. The van der Waals surface area contributed by atoms with Gasteiger partial charge < -0.3 is 0 Å². The smallest absolute Gasteiger partial charge is 0.233 e. The number of aromatic nitrogens is 2. The summed E-state index contributed by atoms with van der Waals surface area (Å²) in [5.41, 5.74) is 3.50. The third kappa shape index (κ3) is 4.07. The Morgan fingerprint density at radius 2 is 2.00 bits per heavy atom. The van der Waals surface area contributed by atoms with Gasteiger partial charge in [-0.1, -0.05) is 47.2 Å². The van der Waals surface area contributed by atoms with E-state index in [1.54, 1.807) is 17.2 Å². The van der Waals surface area contributed by atoms with E-state index < -0.39 is 0 Å². The minimum Gasteiger partial charge on any atom is -0.282 e. The van der Waals surface area contributed by atoms with Gasteiger partial charge in [0.25, 0.3) is 0 Å². The van der Waals surface area contributed by atoms with Crippen molar-refractivity contribution >= 4 is 32.6 Å². The van der Waals surface area contributed by atoms with Crippen LogP contribution < -0.4 is 4.90 Å². The van der Waals surface area contributed by atoms with E-state index in [-0.39, 0.29) is 18.1 Å². The van der Waals surface area contributed by atoms with Crippen molar-refractivity contribution in [3.05, 3.63) is 89.5 Å². The second kappa shape index (κ2) is 7.86. The number of nitrogens with zero attached hydrogens (tertiary/aromatic N) is 3. The monoisotopic (exact) mass is 391 g/mol. The van der Waals surface area contributed by atoms with Crippen LogP contribution in [0, 0.1) is 12.7 Å². The Kier molecular flexibility index (Phi) is 5.12. The molecule has 0 saturated heterocycles. The van der Waals surface area contributed by atoms with Crippen LogP contribution in [0.3, 0.4) is 0 Å². The van der Waals surface area contributed by atoms with Crippen LogP contribution in [0.2, 0.25) is 0 Å². The van der Waals surface area contributed by atoms with Gasteiger partial charge in [-0.05, 0) is 42.8 Å². The van der Waals surface area contributed by atoms with Gasteiger partial charge in [-0.3, -0.25) is 14.7 Å². The Bertz CT molecular complexity index is 1130. The third-order valence-corrected chi connectivity index (χ3v) is 5.40. The molecule has 0 aliphatic carbocycles. The van der Waals surface area contributed by atoms with Crippen LogP contribution in [-0.4, -0.2) is 15.9 Å². The summed E-state index contributed by atoms with van der Waals surface area (Å²) in [5.74, 6) is -0.388. The first-order valence-corrected chi connectivity index (χ1v) is 9.72. The number of carbonyl (C=O) groups is 1. The molecule has 0 unspecified atom stereocenters. The molecule has 1 amide bonds. The van der Waals surface area contributed by atoms with Crippen molar-refractivity contribution in [1.82, 2.24) is 9.97 Å². The molecule has 0 aliphatic heterocycles. The summed E-state index contributed by atoms with van der Waals surface area (Å²) in [7, 11) is 0. The van der Waals surface area contributed by atoms with Crippen LogP contribution in [0.5, 0.6) is 0 Å². The highest BCUT2D eigenvalue weighted by atomic mass is 32.1. The maximum Gasteiger partial charge on any atom is 0.233 e. The summed E-state index contributed by atoms with van der Waals surface area (Å²) in [6, 6.07) is 18.0. The maximum absolute atomic E-state index is 13.6. The highest BCUT2D eigenvalue weighted by Gasteiger charge is 2.21. The zero-order valence-corrected chi connectivity index (χ0v) is 16.1. The molecule has 4 nitrogen and oxygen atoms in total. The number of amides is 1. The molecule has 2 heterocycles. The van der Waals surface area contributed by atoms with Crippen molar-refractivity contribution in [2.75, 3.05) is 4.90 Å². The van der Waals surface area contributed by atoms with Crippen LogP contribution in [0.15, 0.2) is 66.9 Å². The highest BCUT2D eigenvalue weighted by molar-refractivity contribution is 7.22. The maximum atomic E-state index is 13.6. The van der Waals surface area contributed by atoms with Gasteiger partial charge in [-0.25, -0.2) is 9.37 Å². The predicted octanol–water partition coefficient (Wildman–Crippen LogP) is 4.91. The second-order valence-corrected chi connectivity index (χ2v) is 7.58. The van der Waals surface area contributed by atoms with E-state index in [2.05, 4.69) is 9.97 Å². The van der Waals surface area contributed by atoms with Gasteiger partial charge in [0.1, 0.15) is 5.82 Å². The molecule has 6 heteroatoms. The summed E-state index contributed by atoms with van der Waals surface area (Å²) in [6.45, 7) is 2.31. The number of fused-ring (bicyclic) bond motifs is 1. The summed E-state index contributed by atoms with van der Waals surface area (Å²) in [4.78, 5) is 23.7. The number of hydrogen-bond acceptors (Lipinski definition) is 4. The lowest BCUT2D eigenvalue weighted by molar-refractivity contribution is -0.118. The molecule has 0 N–H and O–H groups in total. The van der Waals surface area contributed by atoms with Crippen molar-refractivity contribution in [1.29, 1.82) is 0 Å². The molecule has 0 atom stereocenters. The normalized spacial score (nSPS) is 10.9. The van der Waals surface area contributed by atoms with Gasteiger partial charge in [0.05, 0.1) is 28.9 Å².